The third-order valence-electron chi connectivity index (χ3n) is 8.87. The lowest BCUT2D eigenvalue weighted by molar-refractivity contribution is 0.284. The van der Waals surface area contributed by atoms with Crippen LogP contribution < -0.4 is 10.2 Å². The molecule has 0 amide bonds. The molecule has 0 aliphatic rings. The smallest absolute Gasteiger partial charge is 0.329 e. The molecule has 30 heteroatoms. The summed E-state index contributed by atoms with van der Waals surface area (Å²) in [7, 11) is -22.3. The maximum absolute atomic E-state index is 14.4. The van der Waals surface area contributed by atoms with Gasteiger partial charge in [-0.15, -0.1) is 15.3 Å². The predicted molar refractivity (Wildman–Crippen MR) is 229 cm³/mol. The Kier molecular flexibility index (Phi) is 13.4. The fourth-order valence-corrected chi connectivity index (χ4v) is 9.56. The quantitative estimate of drug-likeness (QED) is 0.0558. The van der Waals surface area contributed by atoms with Crippen LogP contribution in [-0.2, 0) is 54.8 Å². The molecule has 0 aliphatic carbocycles. The number of hydrogen-bond donors (Lipinski definition) is 5. The van der Waals surface area contributed by atoms with E-state index in [9.17, 15) is 60.1 Å². The standard InChI is InChI=1S/C35H32FN9O15S5/c1-19-12-21-15-32(64(54,55)56)30(17-25(21)31(13-19)63(51,52)53)44-42-28-8-9-29(26-16-23(62(48,49)50)5-6-24(26)28)43-41-27-7-4-22(14-20(27)2)37-34-38-33(36)39-35(40-34)45(3)18-61(46,47)11-10-60-65(57,58)59/h4-9,12-17H,10-11,18H2,1-3H3,(H,48,49,50)(H,51,52,53)(H,54,55,56)(H,57,58,59)(H,37,38,39,40). The Morgan fingerprint density at radius 2 is 1.26 bits per heavy atom. The van der Waals surface area contributed by atoms with Gasteiger partial charge in [-0.3, -0.25) is 18.2 Å². The molecule has 0 saturated carbocycles. The zero-order valence-electron chi connectivity index (χ0n) is 33.3. The number of aryl methyl sites for hydroxylation is 2. The van der Waals surface area contributed by atoms with Gasteiger partial charge in [-0.1, -0.05) is 12.1 Å². The zero-order valence-corrected chi connectivity index (χ0v) is 37.4. The fraction of sp³-hybridized carbons (Fsp3) is 0.171. The maximum Gasteiger partial charge on any atom is 0.397 e. The molecular formula is C35H32FN9O15S5. The van der Waals surface area contributed by atoms with Crippen molar-refractivity contribution in [3.8, 4) is 0 Å². The number of halogens is 1. The Morgan fingerprint density at radius 3 is 1.88 bits per heavy atom. The Morgan fingerprint density at radius 1 is 0.646 bits per heavy atom. The third kappa shape index (κ3) is 12.2. The molecule has 0 radical (unpaired) electrons. The average Bonchev–Trinajstić information content (AvgIpc) is 3.17. The minimum Gasteiger partial charge on any atom is -0.329 e. The Hall–Kier alpha value is -6.09. The van der Waals surface area contributed by atoms with Gasteiger partial charge in [0, 0.05) is 28.9 Å². The Bertz CT molecular complexity index is 3560. The summed E-state index contributed by atoms with van der Waals surface area (Å²) in [5.41, 5.74) is 0.847. The van der Waals surface area contributed by atoms with Crippen molar-refractivity contribution in [2.75, 3.05) is 35.5 Å². The summed E-state index contributed by atoms with van der Waals surface area (Å²) in [6.07, 6.45) is -1.28. The lowest BCUT2D eigenvalue weighted by Gasteiger charge is -2.17. The van der Waals surface area contributed by atoms with Gasteiger partial charge in [0.1, 0.15) is 21.4 Å². The van der Waals surface area contributed by atoms with Crippen molar-refractivity contribution in [1.29, 1.82) is 0 Å². The van der Waals surface area contributed by atoms with Crippen molar-refractivity contribution in [2.45, 2.75) is 28.5 Å². The zero-order chi connectivity index (χ0) is 47.9. The first kappa shape index (κ1) is 48.4. The SMILES string of the molecule is Cc1cc(S(=O)(=O)O)c2cc(N=Nc3ccc(N=Nc4ccc(Nc5nc(F)nc(N(C)CS(=O)(=O)CCOS(=O)(=O)O)n5)cc4C)c4cc(S(=O)(=O)O)ccc34)c(S(=O)(=O)O)cc2c1. The predicted octanol–water partition coefficient (Wildman–Crippen LogP) is 5.88. The van der Waals surface area contributed by atoms with Crippen molar-refractivity contribution in [3.63, 3.8) is 0 Å². The van der Waals surface area contributed by atoms with Crippen molar-refractivity contribution < 1.29 is 68.9 Å². The monoisotopic (exact) mass is 997 g/mol. The van der Waals surface area contributed by atoms with Gasteiger partial charge < -0.3 is 10.2 Å². The summed E-state index contributed by atoms with van der Waals surface area (Å²) in [5, 5.41) is 19.4. The van der Waals surface area contributed by atoms with Gasteiger partial charge in [-0.25, -0.2) is 12.6 Å². The summed E-state index contributed by atoms with van der Waals surface area (Å²) < 4.78 is 177. The van der Waals surface area contributed by atoms with Crippen LogP contribution in [0.1, 0.15) is 11.1 Å². The second-order valence-electron chi connectivity index (χ2n) is 13.8. The van der Waals surface area contributed by atoms with E-state index in [2.05, 4.69) is 44.9 Å². The molecule has 6 rings (SSSR count). The number of azo groups is 2. The van der Waals surface area contributed by atoms with Crippen molar-refractivity contribution >= 4 is 112 Å². The van der Waals surface area contributed by atoms with E-state index >= 15 is 0 Å². The summed E-state index contributed by atoms with van der Waals surface area (Å²) in [6.45, 7) is 2.24. The van der Waals surface area contributed by atoms with Gasteiger partial charge >= 0.3 is 16.5 Å². The molecule has 24 nitrogen and oxygen atoms in total. The second kappa shape index (κ2) is 18.1. The van der Waals surface area contributed by atoms with Gasteiger partial charge in [0.05, 0.1) is 34.3 Å². The van der Waals surface area contributed by atoms with Crippen LogP contribution in [0.2, 0.25) is 0 Å². The van der Waals surface area contributed by atoms with E-state index in [1.807, 2.05) is 0 Å². The molecule has 0 fully saturated rings. The van der Waals surface area contributed by atoms with Gasteiger partial charge in [-0.2, -0.15) is 58.1 Å². The minimum atomic E-state index is -4.99. The molecule has 0 saturated heterocycles. The molecule has 1 aromatic heterocycles. The summed E-state index contributed by atoms with van der Waals surface area (Å²) in [6, 6.07) is 15.0. The number of fused-ring (bicyclic) bond motifs is 2. The highest BCUT2D eigenvalue weighted by atomic mass is 32.3. The summed E-state index contributed by atoms with van der Waals surface area (Å²) >= 11 is 0. The molecule has 0 aliphatic heterocycles. The van der Waals surface area contributed by atoms with Crippen LogP contribution in [-0.4, -0.2) is 101 Å². The van der Waals surface area contributed by atoms with Crippen LogP contribution in [0.4, 0.5) is 44.7 Å². The maximum atomic E-state index is 14.4. The molecule has 0 atom stereocenters. The first-order chi connectivity index (χ1) is 30.1. The van der Waals surface area contributed by atoms with Crippen molar-refractivity contribution in [2.24, 2.45) is 20.5 Å². The molecule has 0 spiro atoms. The van der Waals surface area contributed by atoms with Crippen LogP contribution in [0.5, 0.6) is 0 Å². The van der Waals surface area contributed by atoms with Crippen molar-refractivity contribution in [1.82, 2.24) is 15.0 Å². The molecule has 344 valence electrons. The number of anilines is 3. The van der Waals surface area contributed by atoms with Crippen LogP contribution >= 0.6 is 0 Å². The van der Waals surface area contributed by atoms with Crippen LogP contribution in [0.3, 0.4) is 0 Å². The normalized spacial score (nSPS) is 13.0. The number of benzene rings is 5. The molecule has 65 heavy (non-hydrogen) atoms. The van der Waals surface area contributed by atoms with Gasteiger partial charge in [0.2, 0.25) is 11.9 Å². The van der Waals surface area contributed by atoms with E-state index in [1.54, 1.807) is 6.92 Å². The Balaban J connectivity index is 1.30. The largest absolute Gasteiger partial charge is 0.397 e. The van der Waals surface area contributed by atoms with E-state index < -0.39 is 101 Å². The van der Waals surface area contributed by atoms with E-state index in [0.29, 0.717) is 16.8 Å². The van der Waals surface area contributed by atoms with Crippen LogP contribution in [0.25, 0.3) is 21.5 Å². The number of aromatic nitrogens is 3. The van der Waals surface area contributed by atoms with Crippen LogP contribution in [0.15, 0.2) is 108 Å². The fourth-order valence-electron chi connectivity index (χ4n) is 6.06. The number of sulfone groups is 1. The highest BCUT2D eigenvalue weighted by Gasteiger charge is 2.23. The number of nitrogens with one attached hydrogen (secondary N) is 1. The molecule has 6 aromatic rings. The molecule has 5 N–H and O–H groups in total. The molecular weight excluding hydrogens is 966 g/mol. The molecule has 0 unspecified atom stereocenters. The van der Waals surface area contributed by atoms with E-state index in [0.717, 1.165) is 35.2 Å². The Labute approximate surface area is 369 Å². The second-order valence-corrected chi connectivity index (χ2v) is 21.3. The lowest BCUT2D eigenvalue weighted by Crippen LogP contribution is -2.31. The summed E-state index contributed by atoms with van der Waals surface area (Å²) in [5.74, 6) is -2.38. The highest BCUT2D eigenvalue weighted by Crippen LogP contribution is 2.39. The first-order valence-corrected chi connectivity index (χ1v) is 25.3. The summed E-state index contributed by atoms with van der Waals surface area (Å²) in [4.78, 5) is 10.2. The average molecular weight is 998 g/mol. The van der Waals surface area contributed by atoms with E-state index in [1.165, 1.54) is 56.4 Å². The minimum absolute atomic E-state index is 0.0243. The third-order valence-corrected chi connectivity index (χ3v) is 13.5. The molecule has 5 aromatic carbocycles. The number of rotatable bonds is 16. The van der Waals surface area contributed by atoms with Crippen LogP contribution in [0, 0.1) is 19.9 Å². The molecule has 1 heterocycles. The van der Waals surface area contributed by atoms with E-state index in [-0.39, 0.29) is 44.6 Å². The van der Waals surface area contributed by atoms with Gasteiger partial charge in [0.15, 0.2) is 9.84 Å². The van der Waals surface area contributed by atoms with Gasteiger partial charge in [0.25, 0.3) is 30.4 Å². The topological polar surface area (TPSA) is 364 Å². The van der Waals surface area contributed by atoms with Crippen molar-refractivity contribution in [3.05, 3.63) is 90.0 Å². The lowest BCUT2D eigenvalue weighted by atomic mass is 10.1. The van der Waals surface area contributed by atoms with E-state index in [4.69, 9.17) is 4.55 Å². The highest BCUT2D eigenvalue weighted by molar-refractivity contribution is 7.91. The first-order valence-electron chi connectivity index (χ1n) is 17.8. The number of nitrogens with zero attached hydrogens (tertiary/aromatic N) is 8. The molecule has 0 bridgehead atoms. The van der Waals surface area contributed by atoms with Gasteiger partial charge in [-0.05, 0) is 91.0 Å². The number of hydrogen-bond acceptors (Lipinski definition) is 20.